The summed E-state index contributed by atoms with van der Waals surface area (Å²) in [5.41, 5.74) is 5.31. The lowest BCUT2D eigenvalue weighted by molar-refractivity contribution is -0.138. The summed E-state index contributed by atoms with van der Waals surface area (Å²) in [5.74, 6) is -0.703. The van der Waals surface area contributed by atoms with Gasteiger partial charge in [0.05, 0.1) is 11.5 Å². The first-order chi connectivity index (χ1) is 6.91. The highest BCUT2D eigenvalue weighted by molar-refractivity contribution is 7.91. The van der Waals surface area contributed by atoms with Crippen LogP contribution in [0.1, 0.15) is 12.8 Å². The van der Waals surface area contributed by atoms with Crippen LogP contribution in [0.5, 0.6) is 0 Å². The summed E-state index contributed by atoms with van der Waals surface area (Å²) >= 11 is 0. The van der Waals surface area contributed by atoms with E-state index in [1.54, 1.807) is 0 Å². The molecule has 0 spiro atoms. The molecule has 15 heavy (non-hydrogen) atoms. The molecule has 0 radical (unpaired) electrons. The average molecular weight is 236 g/mol. The number of nitrogens with two attached hydrogens (primary N) is 1. The van der Waals surface area contributed by atoms with Gasteiger partial charge in [-0.3, -0.25) is 4.79 Å². The number of aliphatic carboxylic acids is 1. The van der Waals surface area contributed by atoms with Gasteiger partial charge in [0.25, 0.3) is 0 Å². The Morgan fingerprint density at radius 1 is 1.47 bits per heavy atom. The van der Waals surface area contributed by atoms with Gasteiger partial charge in [0, 0.05) is 12.6 Å². The summed E-state index contributed by atoms with van der Waals surface area (Å²) in [7, 11) is -2.86. The minimum atomic E-state index is -2.86. The largest absolute Gasteiger partial charge is 0.480 e. The van der Waals surface area contributed by atoms with Crippen molar-refractivity contribution in [3.63, 3.8) is 0 Å². The maximum absolute atomic E-state index is 11.1. The van der Waals surface area contributed by atoms with E-state index in [2.05, 4.69) is 5.32 Å². The zero-order valence-corrected chi connectivity index (χ0v) is 9.16. The van der Waals surface area contributed by atoms with Gasteiger partial charge in [0.1, 0.15) is 15.9 Å². The second-order valence-corrected chi connectivity index (χ2v) is 6.08. The molecule has 4 N–H and O–H groups in total. The SMILES string of the molecule is NC(CNC1CCS(=O)(=O)CC1)C(=O)O. The van der Waals surface area contributed by atoms with Gasteiger partial charge in [-0.15, -0.1) is 0 Å². The van der Waals surface area contributed by atoms with Crippen LogP contribution < -0.4 is 11.1 Å². The van der Waals surface area contributed by atoms with Gasteiger partial charge < -0.3 is 16.2 Å². The first-order valence-corrected chi connectivity index (χ1v) is 6.65. The fourth-order valence-corrected chi connectivity index (χ4v) is 2.97. The third-order valence-corrected chi connectivity index (χ3v) is 4.21. The topological polar surface area (TPSA) is 109 Å². The molecule has 88 valence electrons. The molecule has 7 heteroatoms. The summed E-state index contributed by atoms with van der Waals surface area (Å²) in [6.45, 7) is 0.181. The van der Waals surface area contributed by atoms with Crippen LogP contribution in [0.25, 0.3) is 0 Å². The molecule has 0 amide bonds. The van der Waals surface area contributed by atoms with Crippen LogP contribution in [0.3, 0.4) is 0 Å². The minimum Gasteiger partial charge on any atom is -0.480 e. The fourth-order valence-electron chi connectivity index (χ4n) is 1.48. The van der Waals surface area contributed by atoms with E-state index in [-0.39, 0.29) is 24.1 Å². The van der Waals surface area contributed by atoms with E-state index >= 15 is 0 Å². The van der Waals surface area contributed by atoms with Gasteiger partial charge in [0.15, 0.2) is 0 Å². The van der Waals surface area contributed by atoms with Crippen molar-refractivity contribution in [2.24, 2.45) is 5.73 Å². The smallest absolute Gasteiger partial charge is 0.321 e. The summed E-state index contributed by atoms with van der Waals surface area (Å²) in [4.78, 5) is 10.4. The van der Waals surface area contributed by atoms with Crippen LogP contribution in [-0.4, -0.2) is 49.6 Å². The highest BCUT2D eigenvalue weighted by Crippen LogP contribution is 2.11. The minimum absolute atomic E-state index is 0.0684. The molecule has 1 atom stereocenters. The maximum atomic E-state index is 11.1. The number of rotatable bonds is 4. The van der Waals surface area contributed by atoms with E-state index in [0.717, 1.165) is 0 Å². The van der Waals surface area contributed by atoms with Crippen molar-refractivity contribution in [2.75, 3.05) is 18.1 Å². The predicted molar refractivity (Wildman–Crippen MR) is 55.3 cm³/mol. The van der Waals surface area contributed by atoms with Gasteiger partial charge in [-0.2, -0.15) is 0 Å². The van der Waals surface area contributed by atoms with Crippen molar-refractivity contribution in [3.05, 3.63) is 0 Å². The maximum Gasteiger partial charge on any atom is 0.321 e. The Morgan fingerprint density at radius 2 is 2.00 bits per heavy atom. The number of sulfone groups is 1. The average Bonchev–Trinajstić information content (AvgIpc) is 2.15. The third kappa shape index (κ3) is 4.15. The van der Waals surface area contributed by atoms with Gasteiger partial charge in [-0.1, -0.05) is 0 Å². The Hall–Kier alpha value is -0.660. The Labute approximate surface area is 88.8 Å². The molecule has 0 aromatic rings. The molecule has 1 rings (SSSR count). The monoisotopic (exact) mass is 236 g/mol. The van der Waals surface area contributed by atoms with Crippen molar-refractivity contribution < 1.29 is 18.3 Å². The molecule has 6 nitrogen and oxygen atoms in total. The molecule has 1 aliphatic rings. The highest BCUT2D eigenvalue weighted by atomic mass is 32.2. The summed E-state index contributed by atoms with van der Waals surface area (Å²) < 4.78 is 22.2. The molecule has 0 saturated carbocycles. The third-order valence-electron chi connectivity index (χ3n) is 2.50. The number of nitrogens with one attached hydrogen (secondary N) is 1. The number of carboxylic acid groups (broad SMARTS) is 1. The van der Waals surface area contributed by atoms with Crippen molar-refractivity contribution >= 4 is 15.8 Å². The number of carboxylic acids is 1. The Balaban J connectivity index is 2.28. The summed E-state index contributed by atoms with van der Waals surface area (Å²) in [5, 5.41) is 11.5. The molecule has 1 unspecified atom stereocenters. The van der Waals surface area contributed by atoms with Crippen LogP contribution in [0, 0.1) is 0 Å². The lowest BCUT2D eigenvalue weighted by atomic mass is 10.1. The first kappa shape index (κ1) is 12.4. The number of hydrogen-bond donors (Lipinski definition) is 3. The molecule has 0 aromatic carbocycles. The van der Waals surface area contributed by atoms with E-state index in [1.165, 1.54) is 0 Å². The standard InChI is InChI=1S/C8H16N2O4S/c9-7(8(11)12)5-10-6-1-3-15(13,14)4-2-6/h6-7,10H,1-5,9H2,(H,11,12). The molecule has 0 aromatic heterocycles. The molecule has 1 aliphatic heterocycles. The van der Waals surface area contributed by atoms with E-state index in [9.17, 15) is 13.2 Å². The zero-order valence-electron chi connectivity index (χ0n) is 8.35. The first-order valence-electron chi connectivity index (χ1n) is 4.83. The Bertz CT molecular complexity index is 314. The lowest BCUT2D eigenvalue weighted by Crippen LogP contribution is -2.46. The molecule has 0 bridgehead atoms. The van der Waals surface area contributed by atoms with E-state index in [1.807, 2.05) is 0 Å². The second-order valence-electron chi connectivity index (χ2n) is 3.78. The molecule has 1 saturated heterocycles. The van der Waals surface area contributed by atoms with Crippen molar-refractivity contribution in [1.29, 1.82) is 0 Å². The normalized spacial score (nSPS) is 23.5. The predicted octanol–water partition coefficient (Wildman–Crippen LogP) is -1.43. The van der Waals surface area contributed by atoms with Crippen LogP contribution in [0.15, 0.2) is 0 Å². The van der Waals surface area contributed by atoms with Gasteiger partial charge >= 0.3 is 5.97 Å². The fraction of sp³-hybridized carbons (Fsp3) is 0.875. The molecule has 1 fully saturated rings. The van der Waals surface area contributed by atoms with Crippen molar-refractivity contribution in [2.45, 2.75) is 24.9 Å². The molecular formula is C8H16N2O4S. The highest BCUT2D eigenvalue weighted by Gasteiger charge is 2.24. The van der Waals surface area contributed by atoms with Crippen LogP contribution in [-0.2, 0) is 14.6 Å². The van der Waals surface area contributed by atoms with E-state index < -0.39 is 21.8 Å². The van der Waals surface area contributed by atoms with Crippen LogP contribution in [0.4, 0.5) is 0 Å². The van der Waals surface area contributed by atoms with E-state index in [4.69, 9.17) is 10.8 Å². The zero-order chi connectivity index (χ0) is 11.5. The summed E-state index contributed by atoms with van der Waals surface area (Å²) in [6, 6.07) is -0.859. The Kier molecular flexibility index (Phi) is 4.06. The lowest BCUT2D eigenvalue weighted by Gasteiger charge is -2.23. The van der Waals surface area contributed by atoms with E-state index in [0.29, 0.717) is 12.8 Å². The quantitative estimate of drug-likeness (QED) is 0.552. The number of hydrogen-bond acceptors (Lipinski definition) is 5. The Morgan fingerprint density at radius 3 is 2.47 bits per heavy atom. The number of carbonyl (C=O) groups is 1. The van der Waals surface area contributed by atoms with Crippen LogP contribution in [0.2, 0.25) is 0 Å². The van der Waals surface area contributed by atoms with Gasteiger partial charge in [-0.25, -0.2) is 8.42 Å². The molecular weight excluding hydrogens is 220 g/mol. The second kappa shape index (κ2) is 4.91. The van der Waals surface area contributed by atoms with Crippen molar-refractivity contribution in [3.8, 4) is 0 Å². The molecule has 1 heterocycles. The van der Waals surface area contributed by atoms with Gasteiger partial charge in [0.2, 0.25) is 0 Å². The summed E-state index contributed by atoms with van der Waals surface area (Å²) in [6.07, 6.45) is 1.07. The van der Waals surface area contributed by atoms with Crippen LogP contribution >= 0.6 is 0 Å². The van der Waals surface area contributed by atoms with Crippen molar-refractivity contribution in [1.82, 2.24) is 5.32 Å². The van der Waals surface area contributed by atoms with Gasteiger partial charge in [-0.05, 0) is 12.8 Å². The molecule has 0 aliphatic carbocycles.